The zero-order valence-electron chi connectivity index (χ0n) is 12.3. The van der Waals surface area contributed by atoms with Gasteiger partial charge in [-0.15, -0.1) is 0 Å². The summed E-state index contributed by atoms with van der Waals surface area (Å²) in [6.07, 6.45) is 2.99. The Bertz CT molecular complexity index is 594. The molecule has 0 aromatic carbocycles. The van der Waals surface area contributed by atoms with Gasteiger partial charge in [-0.05, 0) is 31.1 Å². The molecule has 6 heteroatoms. The number of hydrogen-bond donors (Lipinski definition) is 2. The van der Waals surface area contributed by atoms with Crippen molar-refractivity contribution in [2.24, 2.45) is 11.3 Å². The summed E-state index contributed by atoms with van der Waals surface area (Å²) >= 11 is 1.26. The van der Waals surface area contributed by atoms with Gasteiger partial charge in [-0.25, -0.2) is 4.98 Å². The molecule has 1 fully saturated rings. The number of aliphatic hydroxyl groups is 1. The van der Waals surface area contributed by atoms with E-state index in [0.717, 1.165) is 18.5 Å². The summed E-state index contributed by atoms with van der Waals surface area (Å²) in [5, 5.41) is 13.0. The van der Waals surface area contributed by atoms with Gasteiger partial charge in [-0.3, -0.25) is 9.59 Å². The average Bonchev–Trinajstić information content (AvgIpc) is 2.93. The topological polar surface area (TPSA) is 79.3 Å². The highest BCUT2D eigenvalue weighted by atomic mass is 32.1. The summed E-state index contributed by atoms with van der Waals surface area (Å²) < 4.78 is 0. The quantitative estimate of drug-likeness (QED) is 0.879. The Morgan fingerprint density at radius 3 is 2.81 bits per heavy atom. The van der Waals surface area contributed by atoms with Crippen molar-refractivity contribution in [3.8, 4) is 0 Å². The third-order valence-electron chi connectivity index (χ3n) is 4.28. The molecule has 1 aromatic rings. The van der Waals surface area contributed by atoms with Gasteiger partial charge in [-0.2, -0.15) is 0 Å². The number of aliphatic hydroxyl groups excluding tert-OH is 1. The number of nitrogens with one attached hydrogen (secondary N) is 1. The normalized spacial score (nSPS) is 27.5. The molecule has 1 saturated carbocycles. The highest BCUT2D eigenvalue weighted by Crippen LogP contribution is 2.38. The number of anilines is 1. The average molecular weight is 308 g/mol. The number of amides is 1. The van der Waals surface area contributed by atoms with E-state index in [2.05, 4.69) is 24.1 Å². The van der Waals surface area contributed by atoms with Crippen LogP contribution in [-0.4, -0.2) is 27.9 Å². The molecule has 2 atom stereocenters. The Labute approximate surface area is 127 Å². The van der Waals surface area contributed by atoms with Crippen LogP contribution in [0.25, 0.3) is 0 Å². The van der Waals surface area contributed by atoms with E-state index < -0.39 is 6.10 Å². The number of carbonyl (C=O) groups is 2. The maximum absolute atomic E-state index is 12.2. The summed E-state index contributed by atoms with van der Waals surface area (Å²) in [6, 6.07) is 0. The molecule has 3 rings (SSSR count). The molecule has 5 nitrogen and oxygen atoms in total. The molecule has 21 heavy (non-hydrogen) atoms. The van der Waals surface area contributed by atoms with Gasteiger partial charge in [-0.1, -0.05) is 25.2 Å². The molecule has 0 bridgehead atoms. The third-order valence-corrected chi connectivity index (χ3v) is 5.34. The molecule has 2 N–H and O–H groups in total. The highest BCUT2D eigenvalue weighted by Gasteiger charge is 2.35. The Morgan fingerprint density at radius 1 is 1.38 bits per heavy atom. The number of fused-ring (bicyclic) bond motifs is 1. The summed E-state index contributed by atoms with van der Waals surface area (Å²) in [4.78, 5) is 29.4. The predicted octanol–water partition coefficient (Wildman–Crippen LogP) is 2.40. The zero-order valence-corrected chi connectivity index (χ0v) is 13.1. The molecule has 0 saturated heterocycles. The molecular weight excluding hydrogens is 288 g/mol. The minimum Gasteiger partial charge on any atom is -0.392 e. The molecule has 2 aliphatic rings. The van der Waals surface area contributed by atoms with Crippen LogP contribution in [-0.2, 0) is 11.2 Å². The lowest BCUT2D eigenvalue weighted by Crippen LogP contribution is -2.28. The van der Waals surface area contributed by atoms with Crippen LogP contribution in [0.5, 0.6) is 0 Å². The van der Waals surface area contributed by atoms with E-state index in [1.165, 1.54) is 11.3 Å². The number of carbonyl (C=O) groups excluding carboxylic acids is 2. The molecule has 1 amide bonds. The van der Waals surface area contributed by atoms with Gasteiger partial charge in [0.15, 0.2) is 10.9 Å². The number of rotatable bonds is 2. The minimum absolute atomic E-state index is 0.0684. The van der Waals surface area contributed by atoms with Crippen LogP contribution in [0.15, 0.2) is 0 Å². The molecule has 0 spiro atoms. The molecule has 114 valence electrons. The third kappa shape index (κ3) is 2.87. The van der Waals surface area contributed by atoms with Crippen LogP contribution in [0, 0.1) is 11.3 Å². The lowest BCUT2D eigenvalue weighted by Gasteiger charge is -2.26. The molecular formula is C15H20N2O3S. The van der Waals surface area contributed by atoms with E-state index in [9.17, 15) is 14.7 Å². The van der Waals surface area contributed by atoms with Gasteiger partial charge in [0, 0.05) is 6.42 Å². The van der Waals surface area contributed by atoms with E-state index in [1.54, 1.807) is 0 Å². The predicted molar refractivity (Wildman–Crippen MR) is 80.5 cm³/mol. The van der Waals surface area contributed by atoms with E-state index in [1.807, 2.05) is 0 Å². The molecule has 1 heterocycles. The summed E-state index contributed by atoms with van der Waals surface area (Å²) in [5.74, 6) is -0.420. The second kappa shape index (κ2) is 5.18. The van der Waals surface area contributed by atoms with Gasteiger partial charge < -0.3 is 10.4 Å². The van der Waals surface area contributed by atoms with E-state index in [4.69, 9.17) is 0 Å². The van der Waals surface area contributed by atoms with Gasteiger partial charge >= 0.3 is 0 Å². The fourth-order valence-corrected chi connectivity index (χ4v) is 4.14. The molecule has 2 unspecified atom stereocenters. The van der Waals surface area contributed by atoms with Gasteiger partial charge in [0.25, 0.3) is 0 Å². The molecule has 0 aliphatic heterocycles. The first kappa shape index (κ1) is 14.7. The second-order valence-corrected chi connectivity index (χ2v) is 7.83. The highest BCUT2D eigenvalue weighted by molar-refractivity contribution is 7.17. The maximum Gasteiger partial charge on any atom is 0.231 e. The smallest absolute Gasteiger partial charge is 0.231 e. The van der Waals surface area contributed by atoms with Crippen molar-refractivity contribution in [2.45, 2.75) is 52.1 Å². The largest absolute Gasteiger partial charge is 0.392 e. The monoisotopic (exact) mass is 308 g/mol. The number of aromatic nitrogens is 1. The molecule has 0 radical (unpaired) electrons. The van der Waals surface area contributed by atoms with Crippen LogP contribution in [0.4, 0.5) is 5.13 Å². The summed E-state index contributed by atoms with van der Waals surface area (Å²) in [5.41, 5.74) is 0.727. The van der Waals surface area contributed by atoms with Gasteiger partial charge in [0.1, 0.15) is 0 Å². The van der Waals surface area contributed by atoms with E-state index in [0.29, 0.717) is 29.3 Å². The first-order valence-corrected chi connectivity index (χ1v) is 8.19. The zero-order chi connectivity index (χ0) is 15.2. The second-order valence-electron chi connectivity index (χ2n) is 6.83. The lowest BCUT2D eigenvalue weighted by atomic mass is 9.78. The molecule has 1 aromatic heterocycles. The summed E-state index contributed by atoms with van der Waals surface area (Å²) in [6.45, 7) is 4.11. The number of ketones is 1. The van der Waals surface area contributed by atoms with Crippen molar-refractivity contribution >= 4 is 28.2 Å². The fraction of sp³-hybridized carbons (Fsp3) is 0.667. The Kier molecular flexibility index (Phi) is 3.61. The SMILES string of the molecule is CC1(C)CC(=O)c2sc(NC(=O)C3CCCC3O)nc2C1. The first-order chi connectivity index (χ1) is 9.85. The number of hydrogen-bond acceptors (Lipinski definition) is 5. The summed E-state index contributed by atoms with van der Waals surface area (Å²) in [7, 11) is 0. The number of thiazole rings is 1. The van der Waals surface area contributed by atoms with Crippen LogP contribution in [0.2, 0.25) is 0 Å². The number of Topliss-reactive ketones (excluding diaryl/α,β-unsaturated/α-hetero) is 1. The van der Waals surface area contributed by atoms with Crippen LogP contribution >= 0.6 is 11.3 Å². The Hall–Kier alpha value is -1.27. The van der Waals surface area contributed by atoms with Crippen molar-refractivity contribution in [1.29, 1.82) is 0 Å². The molecule has 2 aliphatic carbocycles. The van der Waals surface area contributed by atoms with Crippen molar-refractivity contribution in [3.05, 3.63) is 10.6 Å². The standard InChI is InChI=1S/C15H20N2O3S/c1-15(2)6-9-12(11(19)7-15)21-14(16-9)17-13(20)8-4-3-5-10(8)18/h8,10,18H,3-7H2,1-2H3,(H,16,17,20). The van der Waals surface area contributed by atoms with Gasteiger partial charge in [0.2, 0.25) is 5.91 Å². The van der Waals surface area contributed by atoms with Crippen molar-refractivity contribution in [2.75, 3.05) is 5.32 Å². The van der Waals surface area contributed by atoms with E-state index >= 15 is 0 Å². The Balaban J connectivity index is 1.76. The number of nitrogens with zero attached hydrogens (tertiary/aromatic N) is 1. The van der Waals surface area contributed by atoms with Gasteiger partial charge in [0.05, 0.1) is 22.6 Å². The maximum atomic E-state index is 12.2. The first-order valence-electron chi connectivity index (χ1n) is 7.37. The van der Waals surface area contributed by atoms with Crippen molar-refractivity contribution in [3.63, 3.8) is 0 Å². The van der Waals surface area contributed by atoms with E-state index in [-0.39, 0.29) is 23.0 Å². The van der Waals surface area contributed by atoms with Crippen molar-refractivity contribution in [1.82, 2.24) is 4.98 Å². The van der Waals surface area contributed by atoms with Crippen LogP contribution in [0.3, 0.4) is 0 Å². The van der Waals surface area contributed by atoms with Crippen LogP contribution in [0.1, 0.15) is 54.9 Å². The fourth-order valence-electron chi connectivity index (χ4n) is 3.22. The Morgan fingerprint density at radius 2 is 2.14 bits per heavy atom. The van der Waals surface area contributed by atoms with Crippen LogP contribution < -0.4 is 5.32 Å². The minimum atomic E-state index is -0.555. The van der Waals surface area contributed by atoms with Crippen molar-refractivity contribution < 1.29 is 14.7 Å². The lowest BCUT2D eigenvalue weighted by molar-refractivity contribution is -0.122.